The third-order valence-corrected chi connectivity index (χ3v) is 8.14. The van der Waals surface area contributed by atoms with Gasteiger partial charge in [-0.2, -0.15) is 0 Å². The zero-order valence-electron chi connectivity index (χ0n) is 18.6. The Morgan fingerprint density at radius 2 is 1.39 bits per heavy atom. The van der Waals surface area contributed by atoms with Gasteiger partial charge in [0.05, 0.1) is 36.8 Å². The van der Waals surface area contributed by atoms with Crippen molar-refractivity contribution in [3.8, 4) is 0 Å². The van der Waals surface area contributed by atoms with Crippen molar-refractivity contribution in [1.82, 2.24) is 0 Å². The molecule has 36 heavy (non-hydrogen) atoms. The van der Waals surface area contributed by atoms with Crippen molar-refractivity contribution < 1.29 is 81.6 Å². The molecule has 14 N–H and O–H groups in total. The van der Waals surface area contributed by atoms with Crippen molar-refractivity contribution in [1.29, 1.82) is 0 Å². The van der Waals surface area contributed by atoms with E-state index < -0.39 is 109 Å². The van der Waals surface area contributed by atoms with E-state index in [9.17, 15) is 40.9 Å². The molecule has 4 aliphatic heterocycles. The molecule has 0 spiro atoms. The molecule has 4 rings (SSSR count). The molecule has 0 aromatic rings. The predicted molar refractivity (Wildman–Crippen MR) is 112 cm³/mol. The van der Waals surface area contributed by atoms with Gasteiger partial charge < -0.3 is 81.7 Å². The first-order valence-electron chi connectivity index (χ1n) is 10.9. The Bertz CT molecular complexity index is 763. The molecule has 2 unspecified atom stereocenters. The Kier molecular flexibility index (Phi) is 9.72. The summed E-state index contributed by atoms with van der Waals surface area (Å²) in [7, 11) is 0. The van der Waals surface area contributed by atoms with E-state index in [-0.39, 0.29) is 17.1 Å². The van der Waals surface area contributed by atoms with E-state index in [1.165, 1.54) is 0 Å². The molecule has 18 heteroatoms. The first-order chi connectivity index (χ1) is 16.4. The number of thioether (sulfide) groups is 1. The smallest absolute Gasteiger partial charge is 0.558 e. The summed E-state index contributed by atoms with van der Waals surface area (Å²) in [6.07, 6.45) is -13.3. The zero-order valence-corrected chi connectivity index (χ0v) is 20.4. The predicted octanol–water partition coefficient (Wildman–Crippen LogP) is -6.73. The van der Waals surface area contributed by atoms with Crippen LogP contribution in [-0.4, -0.2) is 144 Å². The van der Waals surface area contributed by atoms with Crippen LogP contribution in [0.2, 0.25) is 0 Å². The molecular formula is C18H32CuN3O13S. The van der Waals surface area contributed by atoms with Crippen molar-refractivity contribution in [2.45, 2.75) is 83.5 Å². The average Bonchev–Trinajstić information content (AvgIpc) is 3.47. The van der Waals surface area contributed by atoms with Crippen LogP contribution in [0.3, 0.4) is 0 Å². The number of aliphatic hydroxyl groups excluding tert-OH is 7. The fourth-order valence-electron chi connectivity index (χ4n) is 4.43. The number of fused-ring (bicyclic) bond motifs is 1. The van der Waals surface area contributed by atoms with Gasteiger partial charge in [-0.05, 0) is 6.04 Å². The van der Waals surface area contributed by atoms with Crippen LogP contribution in [0.25, 0.3) is 0 Å². The van der Waals surface area contributed by atoms with Crippen LogP contribution in [0.5, 0.6) is 0 Å². The summed E-state index contributed by atoms with van der Waals surface area (Å²) in [5.41, 5.74) is 17.7. The van der Waals surface area contributed by atoms with Crippen molar-refractivity contribution in [2.24, 2.45) is 17.2 Å². The number of hydrogen-bond acceptors (Lipinski definition) is 17. The number of aliphatic hydroxyl groups is 8. The number of nitrogens with two attached hydrogens (primary N) is 3. The molecular weight excluding hydrogens is 562 g/mol. The monoisotopic (exact) mass is 593 g/mol. The van der Waals surface area contributed by atoms with Crippen molar-refractivity contribution in [3.63, 3.8) is 0 Å². The van der Waals surface area contributed by atoms with E-state index >= 15 is 0 Å². The second-order valence-electron chi connectivity index (χ2n) is 8.86. The van der Waals surface area contributed by atoms with Gasteiger partial charge in [0, 0.05) is 0 Å². The molecule has 4 saturated heterocycles. The van der Waals surface area contributed by atoms with E-state index in [1.54, 1.807) is 0 Å². The molecule has 4 aliphatic rings. The second kappa shape index (κ2) is 11.4. The van der Waals surface area contributed by atoms with Crippen LogP contribution in [0.15, 0.2) is 0 Å². The molecule has 0 amide bonds. The van der Waals surface area contributed by atoms with Gasteiger partial charge in [0.15, 0.2) is 17.5 Å². The number of hydrogen-bond donors (Lipinski definition) is 11. The van der Waals surface area contributed by atoms with E-state index in [4.69, 9.17) is 40.9 Å². The quantitative estimate of drug-likeness (QED) is 0.0742. The molecule has 0 aromatic heterocycles. The largest absolute Gasteiger partial charge is 1.00 e. The SMILES string of the molecule is N[C@H]1[C@H](OC2[C@@H](CO)O[C@@H](O)[C@H](N)[C@H]2O)O[C@H](CO)C(O[C@H]2O[C@]3(CO)S[C@]3(O)[C-](O)[C@@H]2N)[C@@H]1O.[Cu+]. The van der Waals surface area contributed by atoms with Crippen LogP contribution in [0, 0.1) is 6.10 Å². The normalized spacial score (nSPS) is 53.4. The van der Waals surface area contributed by atoms with Crippen LogP contribution in [0.4, 0.5) is 0 Å². The zero-order chi connectivity index (χ0) is 25.9. The minimum absolute atomic E-state index is 0. The van der Waals surface area contributed by atoms with Gasteiger partial charge in [0.2, 0.25) is 0 Å². The van der Waals surface area contributed by atoms with Crippen LogP contribution in [0.1, 0.15) is 0 Å². The first kappa shape index (κ1) is 30.8. The Balaban J connectivity index is 0.00000361. The molecule has 214 valence electrons. The molecule has 0 radical (unpaired) electrons. The molecule has 0 aliphatic carbocycles. The fourth-order valence-corrected chi connectivity index (χ4v) is 5.52. The maximum absolute atomic E-state index is 10.9. The molecule has 16 nitrogen and oxygen atoms in total. The van der Waals surface area contributed by atoms with E-state index in [0.717, 1.165) is 11.8 Å². The third kappa shape index (κ3) is 4.97. The van der Waals surface area contributed by atoms with E-state index in [0.29, 0.717) is 0 Å². The molecule has 4 heterocycles. The summed E-state index contributed by atoms with van der Waals surface area (Å²) in [5, 5.41) is 80.7. The summed E-state index contributed by atoms with van der Waals surface area (Å²) >= 11 is 0.721. The first-order valence-corrected chi connectivity index (χ1v) is 11.7. The second-order valence-corrected chi connectivity index (χ2v) is 10.3. The molecule has 0 bridgehead atoms. The van der Waals surface area contributed by atoms with E-state index in [2.05, 4.69) is 0 Å². The molecule has 14 atom stereocenters. The molecule has 0 aromatic carbocycles. The summed E-state index contributed by atoms with van der Waals surface area (Å²) < 4.78 is 27.7. The summed E-state index contributed by atoms with van der Waals surface area (Å²) in [5.74, 6) is 0. The van der Waals surface area contributed by atoms with Gasteiger partial charge in [-0.15, -0.1) is 17.9 Å². The van der Waals surface area contributed by atoms with Crippen LogP contribution >= 0.6 is 11.8 Å². The van der Waals surface area contributed by atoms with Crippen LogP contribution < -0.4 is 17.2 Å². The minimum Gasteiger partial charge on any atom is -0.558 e. The van der Waals surface area contributed by atoms with E-state index in [1.807, 2.05) is 0 Å². The Morgan fingerprint density at radius 3 is 1.94 bits per heavy atom. The number of rotatable bonds is 7. The standard InChI is InChI=1S/C18H32N3O13S.Cu/c19-6-9(25)11(4(1-22)30-14(6)28)32-15-7(20)10(26)12(5(2-23)31-15)33-16-8(21)13(27)18(29)17(3-24,34-16)35-18;/h4-12,14-16,22-29H,1-3,19-21H2;/q-1;+1/t4-,5-,6-,7-,8+,9-,10-,11?,12?,14-,15+,16+,17-,18-;/m1./s1. The minimum atomic E-state index is -1.91. The molecule has 0 saturated carbocycles. The fraction of sp³-hybridized carbons (Fsp3) is 0.944. The van der Waals surface area contributed by atoms with Crippen molar-refractivity contribution >= 4 is 11.8 Å². The maximum Gasteiger partial charge on any atom is 1.00 e. The summed E-state index contributed by atoms with van der Waals surface area (Å²) in [4.78, 5) is -3.52. The van der Waals surface area contributed by atoms with Crippen molar-refractivity contribution in [2.75, 3.05) is 19.8 Å². The molecule has 4 fully saturated rings. The van der Waals surface area contributed by atoms with Gasteiger partial charge >= 0.3 is 17.1 Å². The van der Waals surface area contributed by atoms with Gasteiger partial charge in [-0.3, -0.25) is 0 Å². The Morgan fingerprint density at radius 1 is 0.861 bits per heavy atom. The number of ether oxygens (including phenoxy) is 5. The summed E-state index contributed by atoms with van der Waals surface area (Å²) in [6.45, 7) is -2.04. The average molecular weight is 594 g/mol. The van der Waals surface area contributed by atoms with Crippen LogP contribution in [-0.2, 0) is 40.8 Å². The van der Waals surface area contributed by atoms with Gasteiger partial charge in [-0.1, -0.05) is 0 Å². The van der Waals surface area contributed by atoms with Gasteiger partial charge in [0.1, 0.15) is 42.9 Å². The third-order valence-electron chi connectivity index (χ3n) is 6.66. The maximum atomic E-state index is 10.9. The Hall–Kier alpha value is 0.229. The summed E-state index contributed by atoms with van der Waals surface area (Å²) in [6, 6.07) is -3.99. The van der Waals surface area contributed by atoms with Gasteiger partial charge in [-0.25, -0.2) is 0 Å². The van der Waals surface area contributed by atoms with Crippen molar-refractivity contribution in [3.05, 3.63) is 6.10 Å². The topological polar surface area (TPSA) is 286 Å². The van der Waals surface area contributed by atoms with Gasteiger partial charge in [0.25, 0.3) is 0 Å². The Labute approximate surface area is 220 Å².